The molecule has 2 aromatic rings. The van der Waals surface area contributed by atoms with Gasteiger partial charge in [0, 0.05) is 24.5 Å². The third kappa shape index (κ3) is 1.87. The van der Waals surface area contributed by atoms with Crippen LogP contribution in [-0.4, -0.2) is 6.54 Å². The Balaban J connectivity index is 1.97. The van der Waals surface area contributed by atoms with Gasteiger partial charge in [-0.15, -0.1) is 0 Å². The van der Waals surface area contributed by atoms with Crippen LogP contribution >= 0.6 is 0 Å². The van der Waals surface area contributed by atoms with Gasteiger partial charge in [0.25, 0.3) is 0 Å². The molecule has 0 spiro atoms. The zero-order valence-electron chi connectivity index (χ0n) is 10.1. The molecular formula is C15H15FN2. The Bertz CT molecular complexity index is 563. The first-order valence-electron chi connectivity index (χ1n) is 6.13. The molecule has 0 saturated heterocycles. The molecular weight excluding hydrogens is 227 g/mol. The van der Waals surface area contributed by atoms with E-state index in [4.69, 9.17) is 5.73 Å². The SMILES string of the molecule is NCc1ccc(N2CCc3ccc(F)cc32)cc1. The molecule has 1 aliphatic heterocycles. The summed E-state index contributed by atoms with van der Waals surface area (Å²) in [5, 5.41) is 0. The van der Waals surface area contributed by atoms with E-state index in [1.54, 1.807) is 6.07 Å². The first-order valence-corrected chi connectivity index (χ1v) is 6.13. The fourth-order valence-electron chi connectivity index (χ4n) is 2.43. The zero-order chi connectivity index (χ0) is 12.5. The van der Waals surface area contributed by atoms with Crippen molar-refractivity contribution in [3.8, 4) is 0 Å². The normalized spacial score (nSPS) is 13.8. The van der Waals surface area contributed by atoms with Gasteiger partial charge in [-0.1, -0.05) is 18.2 Å². The average molecular weight is 242 g/mol. The lowest BCUT2D eigenvalue weighted by Gasteiger charge is -2.19. The second-order valence-electron chi connectivity index (χ2n) is 4.55. The molecule has 2 nitrogen and oxygen atoms in total. The first-order chi connectivity index (χ1) is 8.78. The molecule has 3 rings (SSSR count). The summed E-state index contributed by atoms with van der Waals surface area (Å²) in [6.07, 6.45) is 0.967. The van der Waals surface area contributed by atoms with E-state index < -0.39 is 0 Å². The Morgan fingerprint density at radius 3 is 2.61 bits per heavy atom. The van der Waals surface area contributed by atoms with Crippen LogP contribution in [0.3, 0.4) is 0 Å². The lowest BCUT2D eigenvalue weighted by molar-refractivity contribution is 0.628. The lowest BCUT2D eigenvalue weighted by Crippen LogP contribution is -2.13. The number of hydrogen-bond acceptors (Lipinski definition) is 2. The van der Waals surface area contributed by atoms with Crippen LogP contribution in [0.25, 0.3) is 0 Å². The topological polar surface area (TPSA) is 29.3 Å². The number of rotatable bonds is 2. The maximum absolute atomic E-state index is 13.3. The molecule has 0 aliphatic carbocycles. The van der Waals surface area contributed by atoms with Crippen molar-refractivity contribution in [1.82, 2.24) is 0 Å². The van der Waals surface area contributed by atoms with Crippen molar-refractivity contribution >= 4 is 11.4 Å². The highest BCUT2D eigenvalue weighted by molar-refractivity contribution is 5.69. The average Bonchev–Trinajstić information content (AvgIpc) is 2.82. The molecule has 2 aromatic carbocycles. The van der Waals surface area contributed by atoms with Crippen molar-refractivity contribution in [1.29, 1.82) is 0 Å². The van der Waals surface area contributed by atoms with E-state index in [1.165, 1.54) is 11.6 Å². The van der Waals surface area contributed by atoms with Crippen molar-refractivity contribution in [3.05, 3.63) is 59.4 Å². The minimum absolute atomic E-state index is 0.181. The van der Waals surface area contributed by atoms with Gasteiger partial charge >= 0.3 is 0 Å². The van der Waals surface area contributed by atoms with E-state index in [1.807, 2.05) is 30.3 Å². The molecule has 3 heteroatoms. The highest BCUT2D eigenvalue weighted by atomic mass is 19.1. The number of nitrogens with two attached hydrogens (primary N) is 1. The molecule has 2 N–H and O–H groups in total. The van der Waals surface area contributed by atoms with E-state index in [9.17, 15) is 4.39 Å². The Morgan fingerprint density at radius 1 is 1.11 bits per heavy atom. The van der Waals surface area contributed by atoms with Crippen molar-refractivity contribution in [2.24, 2.45) is 5.73 Å². The molecule has 1 aliphatic rings. The number of anilines is 2. The minimum Gasteiger partial charge on any atom is -0.341 e. The van der Waals surface area contributed by atoms with Gasteiger partial charge in [0.2, 0.25) is 0 Å². The summed E-state index contributed by atoms with van der Waals surface area (Å²) in [7, 11) is 0. The van der Waals surface area contributed by atoms with E-state index >= 15 is 0 Å². The van der Waals surface area contributed by atoms with Crippen LogP contribution in [0.2, 0.25) is 0 Å². The standard InChI is InChI=1S/C15H15FN2/c16-13-4-3-12-7-8-18(15(12)9-13)14-5-1-11(10-17)2-6-14/h1-6,9H,7-8,10,17H2. The smallest absolute Gasteiger partial charge is 0.125 e. The zero-order valence-corrected chi connectivity index (χ0v) is 10.1. The fraction of sp³-hybridized carbons (Fsp3) is 0.200. The molecule has 1 heterocycles. The van der Waals surface area contributed by atoms with Crippen LogP contribution in [0.1, 0.15) is 11.1 Å². The van der Waals surface area contributed by atoms with Crippen LogP contribution in [0.15, 0.2) is 42.5 Å². The summed E-state index contributed by atoms with van der Waals surface area (Å²) in [4.78, 5) is 2.15. The van der Waals surface area contributed by atoms with Crippen molar-refractivity contribution in [3.63, 3.8) is 0 Å². The molecule has 0 radical (unpaired) electrons. The predicted octanol–water partition coefficient (Wildman–Crippen LogP) is 2.98. The van der Waals surface area contributed by atoms with Gasteiger partial charge in [-0.2, -0.15) is 0 Å². The molecule has 0 amide bonds. The van der Waals surface area contributed by atoms with E-state index in [0.717, 1.165) is 29.9 Å². The highest BCUT2D eigenvalue weighted by Crippen LogP contribution is 2.34. The Morgan fingerprint density at radius 2 is 1.89 bits per heavy atom. The third-order valence-corrected chi connectivity index (χ3v) is 3.43. The summed E-state index contributed by atoms with van der Waals surface area (Å²) in [6.45, 7) is 1.45. The van der Waals surface area contributed by atoms with E-state index in [-0.39, 0.29) is 5.82 Å². The van der Waals surface area contributed by atoms with Crippen molar-refractivity contribution in [2.75, 3.05) is 11.4 Å². The van der Waals surface area contributed by atoms with Crippen LogP contribution < -0.4 is 10.6 Å². The van der Waals surface area contributed by atoms with Crippen LogP contribution in [0.5, 0.6) is 0 Å². The summed E-state index contributed by atoms with van der Waals surface area (Å²) in [6, 6.07) is 13.1. The van der Waals surface area contributed by atoms with Gasteiger partial charge in [-0.25, -0.2) is 4.39 Å². The molecule has 0 aromatic heterocycles. The number of fused-ring (bicyclic) bond motifs is 1. The highest BCUT2D eigenvalue weighted by Gasteiger charge is 2.20. The fourth-order valence-corrected chi connectivity index (χ4v) is 2.43. The summed E-state index contributed by atoms with van der Waals surface area (Å²) >= 11 is 0. The molecule has 0 fully saturated rings. The summed E-state index contributed by atoms with van der Waals surface area (Å²) < 4.78 is 13.3. The largest absolute Gasteiger partial charge is 0.341 e. The number of nitrogens with zero attached hydrogens (tertiary/aromatic N) is 1. The molecule has 18 heavy (non-hydrogen) atoms. The van der Waals surface area contributed by atoms with Crippen LogP contribution in [-0.2, 0) is 13.0 Å². The lowest BCUT2D eigenvalue weighted by atomic mass is 10.1. The number of halogens is 1. The van der Waals surface area contributed by atoms with Gasteiger partial charge in [0.05, 0.1) is 0 Å². The van der Waals surface area contributed by atoms with E-state index in [2.05, 4.69) is 4.90 Å². The van der Waals surface area contributed by atoms with Gasteiger partial charge in [-0.3, -0.25) is 0 Å². The van der Waals surface area contributed by atoms with Crippen molar-refractivity contribution in [2.45, 2.75) is 13.0 Å². The van der Waals surface area contributed by atoms with E-state index in [0.29, 0.717) is 6.54 Å². The maximum atomic E-state index is 13.3. The number of benzene rings is 2. The minimum atomic E-state index is -0.181. The monoisotopic (exact) mass is 242 g/mol. The molecule has 0 atom stereocenters. The van der Waals surface area contributed by atoms with Crippen LogP contribution in [0.4, 0.5) is 15.8 Å². The third-order valence-electron chi connectivity index (χ3n) is 3.43. The Labute approximate surface area is 106 Å². The van der Waals surface area contributed by atoms with Gasteiger partial charge < -0.3 is 10.6 Å². The van der Waals surface area contributed by atoms with Crippen LogP contribution in [0, 0.1) is 5.82 Å². The molecule has 0 unspecified atom stereocenters. The quantitative estimate of drug-likeness (QED) is 0.877. The second kappa shape index (κ2) is 4.42. The number of hydrogen-bond donors (Lipinski definition) is 1. The predicted molar refractivity (Wildman–Crippen MR) is 71.4 cm³/mol. The molecule has 92 valence electrons. The van der Waals surface area contributed by atoms with Crippen molar-refractivity contribution < 1.29 is 4.39 Å². The maximum Gasteiger partial charge on any atom is 0.125 e. The van der Waals surface area contributed by atoms with Gasteiger partial charge in [-0.05, 0) is 41.8 Å². The summed E-state index contributed by atoms with van der Waals surface area (Å²) in [5.41, 5.74) is 9.98. The molecule has 0 bridgehead atoms. The first kappa shape index (κ1) is 11.2. The van der Waals surface area contributed by atoms with Gasteiger partial charge in [0.1, 0.15) is 5.82 Å². The second-order valence-corrected chi connectivity index (χ2v) is 4.55. The Kier molecular flexibility index (Phi) is 2.76. The summed E-state index contributed by atoms with van der Waals surface area (Å²) in [5.74, 6) is -0.181. The van der Waals surface area contributed by atoms with Gasteiger partial charge in [0.15, 0.2) is 0 Å². The Hall–Kier alpha value is -1.87. The molecule has 0 saturated carbocycles.